The first kappa shape index (κ1) is 26.4. The van der Waals surface area contributed by atoms with Crippen LogP contribution in [0.1, 0.15) is 37.8 Å². The van der Waals surface area contributed by atoms with Gasteiger partial charge in [0.2, 0.25) is 5.71 Å². The SMILES string of the molecule is CCOC(=O)/C(=N/OC)c1csc(NC(c2cccc([N+](=O)[O-])c2)P(=O)(OCC)OCC)n1. The fourth-order valence-corrected chi connectivity index (χ4v) is 5.46. The summed E-state index contributed by atoms with van der Waals surface area (Å²) in [7, 11) is -2.56. The Morgan fingerprint density at radius 2 is 1.97 bits per heavy atom. The van der Waals surface area contributed by atoms with Gasteiger partial charge in [-0.3, -0.25) is 14.7 Å². The number of oxime groups is 1. The molecule has 0 aliphatic heterocycles. The lowest BCUT2D eigenvalue weighted by molar-refractivity contribution is -0.384. The molecule has 1 atom stereocenters. The van der Waals surface area contributed by atoms with Crippen LogP contribution in [0.5, 0.6) is 0 Å². The molecule has 33 heavy (non-hydrogen) atoms. The number of nitro groups is 1. The molecule has 1 N–H and O–H groups in total. The number of non-ortho nitro benzene ring substituents is 1. The van der Waals surface area contributed by atoms with Crippen LogP contribution in [0.2, 0.25) is 0 Å². The predicted molar refractivity (Wildman–Crippen MR) is 123 cm³/mol. The van der Waals surface area contributed by atoms with Crippen LogP contribution >= 0.6 is 18.9 Å². The normalized spacial score (nSPS) is 12.8. The van der Waals surface area contributed by atoms with E-state index < -0.39 is 24.3 Å². The smallest absolute Gasteiger partial charge is 0.362 e. The van der Waals surface area contributed by atoms with Crippen LogP contribution in [-0.4, -0.2) is 48.5 Å². The van der Waals surface area contributed by atoms with Gasteiger partial charge in [0.15, 0.2) is 10.9 Å². The molecule has 0 amide bonds. The Morgan fingerprint density at radius 3 is 2.55 bits per heavy atom. The molecule has 0 aliphatic rings. The average Bonchev–Trinajstić information content (AvgIpc) is 3.24. The van der Waals surface area contributed by atoms with E-state index in [1.165, 1.54) is 30.7 Å². The number of thiazole rings is 1. The summed E-state index contributed by atoms with van der Waals surface area (Å²) in [5.41, 5.74) is 0.148. The number of carbonyl (C=O) groups excluding carboxylic acids is 1. The van der Waals surface area contributed by atoms with Crippen molar-refractivity contribution in [2.45, 2.75) is 26.6 Å². The Hall–Kier alpha value is -2.86. The van der Waals surface area contributed by atoms with E-state index in [4.69, 9.17) is 18.6 Å². The van der Waals surface area contributed by atoms with E-state index in [-0.39, 0.29) is 42.0 Å². The molecule has 1 aromatic heterocycles. The molecular weight excluding hydrogens is 475 g/mol. The largest absolute Gasteiger partial charge is 0.461 e. The first-order valence-electron chi connectivity index (χ1n) is 9.93. The Balaban J connectivity index is 2.49. The highest BCUT2D eigenvalue weighted by Gasteiger charge is 2.38. The van der Waals surface area contributed by atoms with Crippen LogP contribution in [0, 0.1) is 10.1 Å². The number of esters is 1. The summed E-state index contributed by atoms with van der Waals surface area (Å²) in [5.74, 6) is -1.83. The molecule has 0 spiro atoms. The van der Waals surface area contributed by atoms with E-state index in [1.54, 1.807) is 26.8 Å². The Morgan fingerprint density at radius 1 is 1.27 bits per heavy atom. The quantitative estimate of drug-likeness (QED) is 0.138. The minimum absolute atomic E-state index is 0.0843. The summed E-state index contributed by atoms with van der Waals surface area (Å²) in [6.45, 7) is 5.27. The first-order chi connectivity index (χ1) is 15.8. The summed E-state index contributed by atoms with van der Waals surface area (Å²) < 4.78 is 29.6. The molecule has 0 saturated carbocycles. The van der Waals surface area contributed by atoms with Gasteiger partial charge >= 0.3 is 13.6 Å². The van der Waals surface area contributed by atoms with Crippen LogP contribution in [-0.2, 0) is 28.0 Å². The topological polar surface area (TPSA) is 151 Å². The van der Waals surface area contributed by atoms with Gasteiger partial charge in [-0.05, 0) is 26.3 Å². The number of hydrogen-bond donors (Lipinski definition) is 1. The van der Waals surface area contributed by atoms with Gasteiger partial charge in [-0.1, -0.05) is 17.3 Å². The van der Waals surface area contributed by atoms with E-state index in [1.807, 2.05) is 0 Å². The van der Waals surface area contributed by atoms with Gasteiger partial charge in [-0.25, -0.2) is 9.78 Å². The van der Waals surface area contributed by atoms with Crippen molar-refractivity contribution in [2.24, 2.45) is 5.16 Å². The molecular formula is C19H25N4O8PS. The van der Waals surface area contributed by atoms with Gasteiger partial charge in [0.1, 0.15) is 12.8 Å². The van der Waals surface area contributed by atoms with E-state index in [0.29, 0.717) is 5.56 Å². The maximum atomic E-state index is 13.6. The second-order valence-electron chi connectivity index (χ2n) is 6.16. The van der Waals surface area contributed by atoms with E-state index in [9.17, 15) is 19.5 Å². The molecule has 1 heterocycles. The third-order valence-corrected chi connectivity index (χ3v) is 7.06. The molecule has 2 rings (SSSR count). The number of nitrogens with zero attached hydrogens (tertiary/aromatic N) is 3. The van der Waals surface area contributed by atoms with Crippen LogP contribution in [0.4, 0.5) is 10.8 Å². The number of benzene rings is 1. The highest BCUT2D eigenvalue weighted by Crippen LogP contribution is 2.61. The Bertz CT molecular complexity index is 1030. The van der Waals surface area contributed by atoms with Crippen LogP contribution in [0.3, 0.4) is 0 Å². The zero-order chi connectivity index (χ0) is 24.4. The summed E-state index contributed by atoms with van der Waals surface area (Å²) in [4.78, 5) is 31.9. The molecule has 180 valence electrons. The van der Waals surface area contributed by atoms with E-state index in [2.05, 4.69) is 15.5 Å². The number of nitrogens with one attached hydrogen (secondary N) is 1. The zero-order valence-corrected chi connectivity index (χ0v) is 20.3. The van der Waals surface area contributed by atoms with Crippen LogP contribution in [0.25, 0.3) is 0 Å². The van der Waals surface area contributed by atoms with Gasteiger partial charge < -0.3 is 23.9 Å². The molecule has 14 heteroatoms. The maximum absolute atomic E-state index is 13.6. The summed E-state index contributed by atoms with van der Waals surface area (Å²) >= 11 is 1.09. The number of carbonyl (C=O) groups is 1. The van der Waals surface area contributed by atoms with Crippen molar-refractivity contribution in [3.05, 3.63) is 51.0 Å². The summed E-state index contributed by atoms with van der Waals surface area (Å²) in [6, 6.07) is 5.65. The molecule has 1 aromatic carbocycles. The molecule has 0 radical (unpaired) electrons. The fraction of sp³-hybridized carbons (Fsp3) is 0.421. The lowest BCUT2D eigenvalue weighted by Crippen LogP contribution is -2.20. The van der Waals surface area contributed by atoms with Crippen molar-refractivity contribution in [1.29, 1.82) is 0 Å². The molecule has 2 aromatic rings. The minimum atomic E-state index is -3.84. The van der Waals surface area contributed by atoms with Gasteiger partial charge in [0.25, 0.3) is 5.69 Å². The third kappa shape index (κ3) is 6.81. The number of hydrogen-bond acceptors (Lipinski definition) is 12. The predicted octanol–water partition coefficient (Wildman–Crippen LogP) is 4.34. The number of anilines is 1. The van der Waals surface area contributed by atoms with Crippen LogP contribution < -0.4 is 5.32 Å². The third-order valence-electron chi connectivity index (χ3n) is 3.99. The first-order valence-corrected chi connectivity index (χ1v) is 12.4. The highest BCUT2D eigenvalue weighted by molar-refractivity contribution is 7.54. The lowest BCUT2D eigenvalue weighted by Gasteiger charge is -2.27. The molecule has 0 saturated heterocycles. The molecule has 12 nitrogen and oxygen atoms in total. The molecule has 0 bridgehead atoms. The molecule has 0 fully saturated rings. The lowest BCUT2D eigenvalue weighted by atomic mass is 10.2. The van der Waals surface area contributed by atoms with Crippen molar-refractivity contribution in [1.82, 2.24) is 4.98 Å². The van der Waals surface area contributed by atoms with Crippen molar-refractivity contribution in [2.75, 3.05) is 32.2 Å². The molecule has 0 aliphatic carbocycles. The van der Waals surface area contributed by atoms with Gasteiger partial charge in [-0.15, -0.1) is 11.3 Å². The Labute approximate surface area is 194 Å². The zero-order valence-electron chi connectivity index (χ0n) is 18.5. The van der Waals surface area contributed by atoms with Gasteiger partial charge in [-0.2, -0.15) is 0 Å². The van der Waals surface area contributed by atoms with Crippen molar-refractivity contribution >= 4 is 41.4 Å². The van der Waals surface area contributed by atoms with Crippen molar-refractivity contribution in [3.63, 3.8) is 0 Å². The van der Waals surface area contributed by atoms with Gasteiger partial charge in [0.05, 0.1) is 24.7 Å². The second kappa shape index (κ2) is 12.4. The van der Waals surface area contributed by atoms with Crippen molar-refractivity contribution < 1.29 is 32.9 Å². The second-order valence-corrected chi connectivity index (χ2v) is 9.13. The number of nitro benzene ring substituents is 1. The van der Waals surface area contributed by atoms with Crippen LogP contribution in [0.15, 0.2) is 34.8 Å². The maximum Gasteiger partial charge on any atom is 0.362 e. The Kier molecular flexibility index (Phi) is 9.92. The van der Waals surface area contributed by atoms with Gasteiger partial charge in [0, 0.05) is 17.5 Å². The van der Waals surface area contributed by atoms with E-state index >= 15 is 0 Å². The number of rotatable bonds is 13. The average molecular weight is 500 g/mol. The number of aromatic nitrogens is 1. The number of ether oxygens (including phenoxy) is 1. The molecule has 1 unspecified atom stereocenters. The fourth-order valence-electron chi connectivity index (χ4n) is 2.74. The highest BCUT2D eigenvalue weighted by atomic mass is 32.1. The monoisotopic (exact) mass is 500 g/mol. The minimum Gasteiger partial charge on any atom is -0.461 e. The standard InChI is InChI=1S/C19H25N4O8PS/c1-5-29-18(24)16(22-28-4)15-12-33-19(20-15)21-17(32(27,30-6-2)31-7-3)13-9-8-10-14(11-13)23(25)26/h8-12,17H,5-7H2,1-4H3,(H,20,21)/b22-16+. The van der Waals surface area contributed by atoms with Crippen molar-refractivity contribution in [3.8, 4) is 0 Å². The summed E-state index contributed by atoms with van der Waals surface area (Å²) in [5, 5.41) is 19.7. The summed E-state index contributed by atoms with van der Waals surface area (Å²) in [6.07, 6.45) is 0. The van der Waals surface area contributed by atoms with E-state index in [0.717, 1.165) is 11.3 Å².